The van der Waals surface area contributed by atoms with Gasteiger partial charge in [-0.2, -0.15) is 5.10 Å². The minimum atomic E-state index is -0.332. The van der Waals surface area contributed by atoms with Crippen LogP contribution in [0.4, 0.5) is 4.39 Å². The van der Waals surface area contributed by atoms with Gasteiger partial charge in [0.25, 0.3) is 0 Å². The molecule has 0 saturated heterocycles. The Morgan fingerprint density at radius 3 is 2.62 bits per heavy atom. The second-order valence-electron chi connectivity index (χ2n) is 6.17. The second-order valence-corrected chi connectivity index (χ2v) is 7.74. The van der Waals surface area contributed by atoms with Gasteiger partial charge in [0.15, 0.2) is 0 Å². The molecule has 0 fully saturated rings. The maximum absolute atomic E-state index is 12.9. The molecule has 0 unspecified atom stereocenters. The number of ether oxygens (including phenoxy) is 1. The van der Waals surface area contributed by atoms with Gasteiger partial charge in [-0.15, -0.1) is 0 Å². The number of carbonyl (C=O) groups excluding carboxylic acids is 1. The zero-order chi connectivity index (χ0) is 20.6. The predicted octanol–water partition coefficient (Wildman–Crippen LogP) is 5.36. The summed E-state index contributed by atoms with van der Waals surface area (Å²) in [7, 11) is 0. The molecule has 4 nitrogen and oxygen atoms in total. The summed E-state index contributed by atoms with van der Waals surface area (Å²) in [6.45, 7) is 0.378. The Morgan fingerprint density at radius 1 is 1.14 bits per heavy atom. The van der Waals surface area contributed by atoms with Crippen molar-refractivity contribution in [2.45, 2.75) is 13.0 Å². The molecule has 148 valence electrons. The number of rotatable bonds is 7. The minimum absolute atomic E-state index is 0.129. The quantitative estimate of drug-likeness (QED) is 0.258. The monoisotopic (exact) mass is 522 g/mol. The van der Waals surface area contributed by atoms with Crippen LogP contribution in [0.5, 0.6) is 5.75 Å². The fourth-order valence-corrected chi connectivity index (χ4v) is 3.38. The van der Waals surface area contributed by atoms with E-state index in [0.29, 0.717) is 17.2 Å². The first-order valence-electron chi connectivity index (χ1n) is 8.73. The van der Waals surface area contributed by atoms with Gasteiger partial charge in [0.2, 0.25) is 5.91 Å². The molecule has 0 spiro atoms. The highest BCUT2D eigenvalue weighted by Gasteiger charge is 2.05. The average molecular weight is 523 g/mol. The lowest BCUT2D eigenvalue weighted by molar-refractivity contribution is -0.120. The SMILES string of the molecule is O=C(Cc1ccc(F)cc1)N/N=C/c1ccc(OCc2ccccc2Cl)c(I)c1. The number of nitrogens with zero attached hydrogens (tertiary/aromatic N) is 1. The molecule has 3 rings (SSSR count). The third kappa shape index (κ3) is 6.54. The van der Waals surface area contributed by atoms with Gasteiger partial charge in [-0.1, -0.05) is 41.9 Å². The van der Waals surface area contributed by atoms with Crippen LogP contribution in [0.15, 0.2) is 71.8 Å². The summed E-state index contributed by atoms with van der Waals surface area (Å²) in [4.78, 5) is 11.9. The van der Waals surface area contributed by atoms with Gasteiger partial charge in [-0.3, -0.25) is 4.79 Å². The lowest BCUT2D eigenvalue weighted by Gasteiger charge is -2.10. The molecular weight excluding hydrogens is 506 g/mol. The van der Waals surface area contributed by atoms with Crippen LogP contribution in [-0.4, -0.2) is 12.1 Å². The van der Waals surface area contributed by atoms with Crippen molar-refractivity contribution in [3.63, 3.8) is 0 Å². The normalized spacial score (nSPS) is 10.9. The fourth-order valence-electron chi connectivity index (χ4n) is 2.49. The Bertz CT molecular complexity index is 1030. The number of carbonyl (C=O) groups is 1. The molecule has 0 bridgehead atoms. The highest BCUT2D eigenvalue weighted by molar-refractivity contribution is 14.1. The van der Waals surface area contributed by atoms with E-state index >= 15 is 0 Å². The molecule has 0 saturated carbocycles. The van der Waals surface area contributed by atoms with E-state index in [1.807, 2.05) is 42.5 Å². The van der Waals surface area contributed by atoms with Crippen molar-refractivity contribution in [3.8, 4) is 5.75 Å². The standard InChI is InChI=1S/C22H17ClFIN2O2/c23-19-4-2-1-3-17(19)14-29-21-10-7-16(11-20(21)25)13-26-27-22(28)12-15-5-8-18(24)9-6-15/h1-11,13H,12,14H2,(H,27,28)/b26-13+. The second kappa shape index (κ2) is 10.4. The third-order valence-corrected chi connectivity index (χ3v) is 5.19. The van der Waals surface area contributed by atoms with Gasteiger partial charge in [0.05, 0.1) is 16.2 Å². The molecule has 29 heavy (non-hydrogen) atoms. The Labute approximate surface area is 186 Å². The molecule has 3 aromatic rings. The van der Waals surface area contributed by atoms with Crippen LogP contribution in [0, 0.1) is 9.39 Å². The number of hydrogen-bond acceptors (Lipinski definition) is 3. The third-order valence-electron chi connectivity index (χ3n) is 3.98. The van der Waals surface area contributed by atoms with Gasteiger partial charge >= 0.3 is 0 Å². The lowest BCUT2D eigenvalue weighted by atomic mass is 10.1. The van der Waals surface area contributed by atoms with Crippen LogP contribution in [-0.2, 0) is 17.8 Å². The van der Waals surface area contributed by atoms with Crippen molar-refractivity contribution < 1.29 is 13.9 Å². The number of hydrogen-bond donors (Lipinski definition) is 1. The number of nitrogens with one attached hydrogen (secondary N) is 1. The molecule has 1 amide bonds. The number of amides is 1. The van der Waals surface area contributed by atoms with Gasteiger partial charge in [0.1, 0.15) is 18.2 Å². The van der Waals surface area contributed by atoms with Crippen LogP contribution >= 0.6 is 34.2 Å². The minimum Gasteiger partial charge on any atom is -0.488 e. The Morgan fingerprint density at radius 2 is 1.90 bits per heavy atom. The summed E-state index contributed by atoms with van der Waals surface area (Å²) in [5.74, 6) is 0.131. The van der Waals surface area contributed by atoms with E-state index in [9.17, 15) is 9.18 Å². The largest absolute Gasteiger partial charge is 0.488 e. The van der Waals surface area contributed by atoms with E-state index in [-0.39, 0.29) is 18.1 Å². The van der Waals surface area contributed by atoms with Gasteiger partial charge in [-0.05, 0) is 70.1 Å². The van der Waals surface area contributed by atoms with Crippen molar-refractivity contribution in [3.05, 3.63) is 97.8 Å². The summed E-state index contributed by atoms with van der Waals surface area (Å²) >= 11 is 8.33. The van der Waals surface area contributed by atoms with Gasteiger partial charge in [-0.25, -0.2) is 9.82 Å². The van der Waals surface area contributed by atoms with E-state index in [4.69, 9.17) is 16.3 Å². The Hall–Kier alpha value is -2.45. The summed E-state index contributed by atoms with van der Waals surface area (Å²) in [6.07, 6.45) is 1.69. The molecule has 1 N–H and O–H groups in total. The maximum atomic E-state index is 12.9. The summed E-state index contributed by atoms with van der Waals surface area (Å²) in [6, 6.07) is 18.9. The van der Waals surface area contributed by atoms with Crippen molar-refractivity contribution in [2.24, 2.45) is 5.10 Å². The molecule has 0 radical (unpaired) electrons. The molecule has 7 heteroatoms. The van der Waals surface area contributed by atoms with Crippen LogP contribution in [0.25, 0.3) is 0 Å². The molecule has 0 heterocycles. The topological polar surface area (TPSA) is 50.7 Å². The molecular formula is C22H17ClFIN2O2. The summed E-state index contributed by atoms with van der Waals surface area (Å²) < 4.78 is 19.6. The predicted molar refractivity (Wildman–Crippen MR) is 121 cm³/mol. The molecule has 0 aliphatic rings. The number of hydrazone groups is 1. The Balaban J connectivity index is 1.53. The van der Waals surface area contributed by atoms with E-state index in [1.54, 1.807) is 18.3 Å². The van der Waals surface area contributed by atoms with Crippen LogP contribution in [0.2, 0.25) is 5.02 Å². The lowest BCUT2D eigenvalue weighted by Crippen LogP contribution is -2.19. The molecule has 3 aromatic carbocycles. The summed E-state index contributed by atoms with van der Waals surface area (Å²) in [5.41, 5.74) is 4.92. The molecule has 0 aliphatic heterocycles. The first-order chi connectivity index (χ1) is 14.0. The average Bonchev–Trinajstić information content (AvgIpc) is 2.70. The smallest absolute Gasteiger partial charge is 0.244 e. The van der Waals surface area contributed by atoms with Crippen LogP contribution in [0.3, 0.4) is 0 Å². The first kappa shape index (κ1) is 21.3. The van der Waals surface area contributed by atoms with E-state index in [0.717, 1.165) is 20.4 Å². The van der Waals surface area contributed by atoms with Gasteiger partial charge in [0, 0.05) is 10.6 Å². The zero-order valence-corrected chi connectivity index (χ0v) is 18.2. The molecule has 0 aromatic heterocycles. The fraction of sp³-hybridized carbons (Fsp3) is 0.0909. The number of halogens is 3. The maximum Gasteiger partial charge on any atom is 0.244 e. The van der Waals surface area contributed by atoms with Crippen molar-refractivity contribution >= 4 is 46.3 Å². The van der Waals surface area contributed by atoms with Crippen molar-refractivity contribution in [2.75, 3.05) is 0 Å². The van der Waals surface area contributed by atoms with E-state index in [2.05, 4.69) is 33.1 Å². The van der Waals surface area contributed by atoms with E-state index < -0.39 is 0 Å². The Kier molecular flexibility index (Phi) is 7.60. The van der Waals surface area contributed by atoms with Crippen molar-refractivity contribution in [1.29, 1.82) is 0 Å². The van der Waals surface area contributed by atoms with E-state index in [1.165, 1.54) is 12.1 Å². The first-order valence-corrected chi connectivity index (χ1v) is 10.2. The molecule has 0 aliphatic carbocycles. The van der Waals surface area contributed by atoms with Crippen LogP contribution in [0.1, 0.15) is 16.7 Å². The molecule has 0 atom stereocenters. The highest BCUT2D eigenvalue weighted by atomic mass is 127. The highest BCUT2D eigenvalue weighted by Crippen LogP contribution is 2.24. The van der Waals surface area contributed by atoms with Crippen molar-refractivity contribution in [1.82, 2.24) is 5.43 Å². The van der Waals surface area contributed by atoms with Crippen LogP contribution < -0.4 is 10.2 Å². The zero-order valence-electron chi connectivity index (χ0n) is 15.2. The summed E-state index contributed by atoms with van der Waals surface area (Å²) in [5, 5.41) is 4.64. The number of benzene rings is 3. The van der Waals surface area contributed by atoms with Gasteiger partial charge < -0.3 is 4.74 Å².